The van der Waals surface area contributed by atoms with Crippen LogP contribution < -0.4 is 5.32 Å². The molecule has 0 amide bonds. The van der Waals surface area contributed by atoms with Gasteiger partial charge in [0.25, 0.3) is 0 Å². The van der Waals surface area contributed by atoms with E-state index in [1.807, 2.05) is 38.2 Å². The van der Waals surface area contributed by atoms with Crippen LogP contribution in [-0.2, 0) is 6.54 Å². The number of fused-ring (bicyclic) bond motifs is 2. The molecule has 28 heavy (non-hydrogen) atoms. The molecule has 144 valence electrons. The highest BCUT2D eigenvalue weighted by Crippen LogP contribution is 2.56. The van der Waals surface area contributed by atoms with Gasteiger partial charge in [0.2, 0.25) is 0 Å². The Morgan fingerprint density at radius 3 is 2.89 bits per heavy atom. The van der Waals surface area contributed by atoms with Crippen LogP contribution in [0.4, 0.5) is 11.5 Å². The van der Waals surface area contributed by atoms with Gasteiger partial charge in [-0.1, -0.05) is 24.6 Å². The van der Waals surface area contributed by atoms with Crippen molar-refractivity contribution >= 4 is 34.1 Å². The number of rotatable bonds is 4. The Balaban J connectivity index is 1.46. The third kappa shape index (κ3) is 3.03. The predicted octanol–water partition coefficient (Wildman–Crippen LogP) is 5.02. The Morgan fingerprint density at radius 2 is 2.14 bits per heavy atom. The average Bonchev–Trinajstić information content (AvgIpc) is 3.24. The van der Waals surface area contributed by atoms with Gasteiger partial charge in [-0.3, -0.25) is 9.88 Å². The van der Waals surface area contributed by atoms with Crippen LogP contribution in [0.2, 0.25) is 5.02 Å². The third-order valence-electron chi connectivity index (χ3n) is 6.33. The molecule has 1 aromatic carbocycles. The molecule has 2 fully saturated rings. The van der Waals surface area contributed by atoms with Crippen LogP contribution in [0.25, 0.3) is 11.0 Å². The zero-order valence-electron chi connectivity index (χ0n) is 16.5. The van der Waals surface area contributed by atoms with Crippen LogP contribution in [0.1, 0.15) is 36.7 Å². The quantitative estimate of drug-likeness (QED) is 0.674. The first-order valence-corrected chi connectivity index (χ1v) is 10.2. The molecule has 1 saturated heterocycles. The van der Waals surface area contributed by atoms with Gasteiger partial charge in [0.15, 0.2) is 5.82 Å². The van der Waals surface area contributed by atoms with Crippen LogP contribution in [0.3, 0.4) is 0 Å². The van der Waals surface area contributed by atoms with Gasteiger partial charge in [-0.25, -0.2) is 9.97 Å². The Morgan fingerprint density at radius 1 is 1.29 bits per heavy atom. The molecule has 0 bridgehead atoms. The maximum atomic E-state index is 6.26. The van der Waals surface area contributed by atoms with E-state index >= 15 is 0 Å². The Hall–Kier alpha value is -2.24. The molecule has 3 aromatic rings. The van der Waals surface area contributed by atoms with Gasteiger partial charge in [0, 0.05) is 29.5 Å². The summed E-state index contributed by atoms with van der Waals surface area (Å²) in [5.41, 5.74) is 5.37. The largest absolute Gasteiger partial charge is 0.338 e. The number of nitrogens with zero attached hydrogens (tertiary/aromatic N) is 4. The number of likely N-dealkylation sites (tertiary alicyclic amines) is 1. The van der Waals surface area contributed by atoms with E-state index in [1.165, 1.54) is 24.9 Å². The van der Waals surface area contributed by atoms with Crippen molar-refractivity contribution in [2.45, 2.75) is 46.2 Å². The summed E-state index contributed by atoms with van der Waals surface area (Å²) in [6, 6.07) is 8.72. The Labute approximate surface area is 170 Å². The van der Waals surface area contributed by atoms with E-state index < -0.39 is 0 Å². The molecule has 1 saturated carbocycles. The zero-order chi connectivity index (χ0) is 19.5. The second-order valence-corrected chi connectivity index (χ2v) is 8.87. The Kier molecular flexibility index (Phi) is 4.07. The fraction of sp³-hybridized carbons (Fsp3) is 0.409. The summed E-state index contributed by atoms with van der Waals surface area (Å²) in [7, 11) is 0. The second kappa shape index (κ2) is 6.39. The number of nitrogens with one attached hydrogen (secondary N) is 1. The van der Waals surface area contributed by atoms with Gasteiger partial charge in [-0.05, 0) is 68.0 Å². The SMILES string of the molecule is Cc1nc(Nc2cccc(Cl)c2C)c2ncc(CN3CC[C@]4(C)CC34)cc2n1. The summed E-state index contributed by atoms with van der Waals surface area (Å²) in [5, 5.41) is 4.13. The number of aromatic nitrogens is 3. The van der Waals surface area contributed by atoms with Crippen molar-refractivity contribution in [2.24, 2.45) is 5.41 Å². The molecular formula is C22H24ClN5. The molecule has 6 heteroatoms. The number of anilines is 2. The number of pyridine rings is 1. The summed E-state index contributed by atoms with van der Waals surface area (Å²) in [4.78, 5) is 16.5. The Bertz CT molecular complexity index is 1080. The number of benzene rings is 1. The standard InChI is InChI=1S/C22H24ClN5/c1-13-16(23)5-4-6-17(13)27-21-20-18(25-14(2)26-21)9-15(11-24-20)12-28-8-7-22(3)10-19(22)28/h4-6,9,11,19H,7-8,10,12H2,1-3H3,(H,25,26,27)/t19?,22-/m1/s1. The monoisotopic (exact) mass is 393 g/mol. The van der Waals surface area contributed by atoms with E-state index in [9.17, 15) is 0 Å². The van der Waals surface area contributed by atoms with Gasteiger partial charge in [0.05, 0.1) is 5.52 Å². The molecule has 5 rings (SSSR count). The minimum atomic E-state index is 0.564. The highest BCUT2D eigenvalue weighted by Gasteiger charge is 2.57. The first-order chi connectivity index (χ1) is 13.4. The highest BCUT2D eigenvalue weighted by atomic mass is 35.5. The molecule has 1 aliphatic heterocycles. The minimum Gasteiger partial charge on any atom is -0.338 e. The molecule has 2 atom stereocenters. The first kappa shape index (κ1) is 17.8. The fourth-order valence-corrected chi connectivity index (χ4v) is 4.60. The minimum absolute atomic E-state index is 0.564. The number of hydrogen-bond acceptors (Lipinski definition) is 5. The van der Waals surface area contributed by atoms with Crippen LogP contribution in [0.15, 0.2) is 30.5 Å². The van der Waals surface area contributed by atoms with E-state index in [0.29, 0.717) is 5.41 Å². The highest BCUT2D eigenvalue weighted by molar-refractivity contribution is 6.31. The van der Waals surface area contributed by atoms with Crippen LogP contribution in [0.5, 0.6) is 0 Å². The molecule has 5 nitrogen and oxygen atoms in total. The van der Waals surface area contributed by atoms with E-state index in [4.69, 9.17) is 16.6 Å². The molecule has 1 N–H and O–H groups in total. The van der Waals surface area contributed by atoms with Gasteiger partial charge < -0.3 is 5.32 Å². The molecule has 2 aromatic heterocycles. The summed E-state index contributed by atoms with van der Waals surface area (Å²) in [6.07, 6.45) is 4.62. The van der Waals surface area contributed by atoms with Crippen molar-refractivity contribution in [3.05, 3.63) is 52.4 Å². The normalized spacial score (nSPS) is 23.8. The van der Waals surface area contributed by atoms with Gasteiger partial charge in [0.1, 0.15) is 11.3 Å². The van der Waals surface area contributed by atoms with E-state index in [-0.39, 0.29) is 0 Å². The third-order valence-corrected chi connectivity index (χ3v) is 6.74. The van der Waals surface area contributed by atoms with Crippen molar-refractivity contribution in [2.75, 3.05) is 11.9 Å². The second-order valence-electron chi connectivity index (χ2n) is 8.46. The maximum absolute atomic E-state index is 6.26. The van der Waals surface area contributed by atoms with Gasteiger partial charge in [-0.2, -0.15) is 0 Å². The number of halogens is 1. The lowest BCUT2D eigenvalue weighted by Gasteiger charge is -2.18. The van der Waals surface area contributed by atoms with Crippen molar-refractivity contribution < 1.29 is 0 Å². The lowest BCUT2D eigenvalue weighted by atomic mass is 10.1. The van der Waals surface area contributed by atoms with Crippen LogP contribution in [0, 0.1) is 19.3 Å². The molecular weight excluding hydrogens is 370 g/mol. The van der Waals surface area contributed by atoms with Gasteiger partial charge in [-0.15, -0.1) is 0 Å². The average molecular weight is 394 g/mol. The van der Waals surface area contributed by atoms with E-state index in [1.54, 1.807) is 0 Å². The fourth-order valence-electron chi connectivity index (χ4n) is 4.42. The van der Waals surface area contributed by atoms with Crippen molar-refractivity contribution in [1.82, 2.24) is 19.9 Å². The molecule has 3 heterocycles. The maximum Gasteiger partial charge on any atom is 0.160 e. The molecule has 0 radical (unpaired) electrons. The summed E-state index contributed by atoms with van der Waals surface area (Å²) in [5.74, 6) is 1.44. The molecule has 1 unspecified atom stereocenters. The van der Waals surface area contributed by atoms with Crippen molar-refractivity contribution in [3.63, 3.8) is 0 Å². The summed E-state index contributed by atoms with van der Waals surface area (Å²) < 4.78 is 0. The zero-order valence-corrected chi connectivity index (χ0v) is 17.2. The molecule has 0 spiro atoms. The first-order valence-electron chi connectivity index (χ1n) is 9.82. The molecule has 2 aliphatic rings. The molecule has 1 aliphatic carbocycles. The summed E-state index contributed by atoms with van der Waals surface area (Å²) in [6.45, 7) is 8.44. The lowest BCUT2D eigenvalue weighted by Crippen LogP contribution is -2.22. The van der Waals surface area contributed by atoms with E-state index in [2.05, 4.69) is 33.2 Å². The topological polar surface area (TPSA) is 53.9 Å². The smallest absolute Gasteiger partial charge is 0.160 e. The lowest BCUT2D eigenvalue weighted by molar-refractivity contribution is 0.290. The summed E-state index contributed by atoms with van der Waals surface area (Å²) >= 11 is 6.26. The predicted molar refractivity (Wildman–Crippen MR) is 113 cm³/mol. The van der Waals surface area contributed by atoms with Crippen LogP contribution in [-0.4, -0.2) is 32.4 Å². The van der Waals surface area contributed by atoms with Crippen LogP contribution >= 0.6 is 11.6 Å². The van der Waals surface area contributed by atoms with Crippen molar-refractivity contribution in [1.29, 1.82) is 0 Å². The van der Waals surface area contributed by atoms with Gasteiger partial charge >= 0.3 is 0 Å². The van der Waals surface area contributed by atoms with Crippen molar-refractivity contribution in [3.8, 4) is 0 Å². The number of piperidine rings is 1. The van der Waals surface area contributed by atoms with E-state index in [0.717, 1.165) is 51.5 Å². The number of aryl methyl sites for hydroxylation is 1. The number of hydrogen-bond donors (Lipinski definition) is 1.